The molecule has 2 N–H and O–H groups in total. The molecular formula is C15H20N2S2. The summed E-state index contributed by atoms with van der Waals surface area (Å²) in [4.78, 5) is 5.96. The van der Waals surface area contributed by atoms with Crippen molar-refractivity contribution < 1.29 is 0 Å². The van der Waals surface area contributed by atoms with Crippen molar-refractivity contribution in [2.45, 2.75) is 37.8 Å². The molecule has 0 aliphatic rings. The fourth-order valence-electron chi connectivity index (χ4n) is 1.75. The van der Waals surface area contributed by atoms with Gasteiger partial charge in [-0.15, -0.1) is 11.3 Å². The number of rotatable bonds is 6. The lowest BCUT2D eigenvalue weighted by Gasteiger charge is -2.05. The van der Waals surface area contributed by atoms with Gasteiger partial charge in [-0.3, -0.25) is 0 Å². The van der Waals surface area contributed by atoms with Crippen molar-refractivity contribution in [3.05, 3.63) is 40.2 Å². The molecule has 4 heteroatoms. The molecule has 0 radical (unpaired) electrons. The van der Waals surface area contributed by atoms with Gasteiger partial charge >= 0.3 is 0 Å². The first-order chi connectivity index (χ1) is 9.24. The molecule has 0 bridgehead atoms. The van der Waals surface area contributed by atoms with Crippen molar-refractivity contribution in [1.82, 2.24) is 4.98 Å². The lowest BCUT2D eigenvalue weighted by Crippen LogP contribution is -1.95. The molecule has 0 spiro atoms. The van der Waals surface area contributed by atoms with Gasteiger partial charge in [-0.2, -0.15) is 11.8 Å². The van der Waals surface area contributed by atoms with Gasteiger partial charge in [0.15, 0.2) is 0 Å². The molecule has 0 fully saturated rings. The molecule has 0 aliphatic heterocycles. The monoisotopic (exact) mass is 292 g/mol. The van der Waals surface area contributed by atoms with Crippen molar-refractivity contribution in [3.63, 3.8) is 0 Å². The summed E-state index contributed by atoms with van der Waals surface area (Å²) in [5, 5.41) is 1.87. The number of thiazole rings is 1. The third kappa shape index (κ3) is 3.81. The lowest BCUT2D eigenvalue weighted by atomic mass is 10.1. The number of nitrogens with zero attached hydrogens (tertiary/aromatic N) is 1. The summed E-state index contributed by atoms with van der Waals surface area (Å²) >= 11 is 3.71. The zero-order valence-electron chi connectivity index (χ0n) is 11.4. The van der Waals surface area contributed by atoms with Gasteiger partial charge in [0.05, 0.1) is 5.69 Å². The van der Waals surface area contributed by atoms with Gasteiger partial charge in [-0.1, -0.05) is 44.2 Å². The van der Waals surface area contributed by atoms with E-state index in [1.54, 1.807) is 11.3 Å². The van der Waals surface area contributed by atoms with E-state index in [0.29, 0.717) is 11.8 Å². The summed E-state index contributed by atoms with van der Waals surface area (Å²) in [6.07, 6.45) is 1.20. The van der Waals surface area contributed by atoms with Crippen LogP contribution in [0, 0.1) is 0 Å². The van der Waals surface area contributed by atoms with Crippen LogP contribution in [0.5, 0.6) is 0 Å². The first-order valence-electron chi connectivity index (χ1n) is 6.60. The average Bonchev–Trinajstić information content (AvgIpc) is 2.89. The number of hydrogen-bond donors (Lipinski definition) is 1. The molecule has 2 rings (SSSR count). The van der Waals surface area contributed by atoms with Crippen LogP contribution in [0.25, 0.3) is 11.3 Å². The molecule has 19 heavy (non-hydrogen) atoms. The number of hydrogen-bond acceptors (Lipinski definition) is 4. The Bertz CT molecular complexity index is 508. The fraction of sp³-hybridized carbons (Fsp3) is 0.400. The van der Waals surface area contributed by atoms with Crippen LogP contribution in [0.2, 0.25) is 0 Å². The normalized spacial score (nSPS) is 12.6. The Labute approximate surface area is 123 Å². The van der Waals surface area contributed by atoms with Crippen LogP contribution in [0.15, 0.2) is 30.3 Å². The smallest absolute Gasteiger partial charge is 0.103 e. The zero-order chi connectivity index (χ0) is 13.7. The minimum absolute atomic E-state index is 0.565. The molecule has 1 aromatic heterocycles. The van der Waals surface area contributed by atoms with Gasteiger partial charge in [-0.05, 0) is 6.42 Å². The summed E-state index contributed by atoms with van der Waals surface area (Å²) in [6.45, 7) is 5.05. The highest BCUT2D eigenvalue weighted by Crippen LogP contribution is 2.30. The van der Waals surface area contributed by atoms with E-state index in [-0.39, 0.29) is 0 Å². The highest BCUT2D eigenvalue weighted by Gasteiger charge is 2.12. The summed E-state index contributed by atoms with van der Waals surface area (Å²) in [6, 6.07) is 10.3. The second kappa shape index (κ2) is 7.08. The van der Waals surface area contributed by atoms with E-state index in [2.05, 4.69) is 26.0 Å². The van der Waals surface area contributed by atoms with Crippen LogP contribution < -0.4 is 5.73 Å². The first kappa shape index (κ1) is 14.6. The second-order valence-corrected chi connectivity index (χ2v) is 7.07. The molecule has 2 nitrogen and oxygen atoms in total. The quantitative estimate of drug-likeness (QED) is 0.862. The molecule has 1 heterocycles. The van der Waals surface area contributed by atoms with Crippen LogP contribution in [0.1, 0.15) is 30.2 Å². The maximum absolute atomic E-state index is 5.85. The Hall–Kier alpha value is -0.840. The molecule has 0 amide bonds. The fourth-order valence-corrected chi connectivity index (χ4v) is 3.69. The summed E-state index contributed by atoms with van der Waals surface area (Å²) in [5.74, 6) is 0.986. The van der Waals surface area contributed by atoms with Gasteiger partial charge in [0.1, 0.15) is 5.01 Å². The third-order valence-corrected chi connectivity index (χ3v) is 5.64. The van der Waals surface area contributed by atoms with Gasteiger partial charge in [-0.25, -0.2) is 4.98 Å². The third-order valence-electron chi connectivity index (χ3n) is 3.04. The van der Waals surface area contributed by atoms with Gasteiger partial charge in [0, 0.05) is 28.0 Å². The number of nitrogens with two attached hydrogens (primary N) is 1. The minimum atomic E-state index is 0.565. The van der Waals surface area contributed by atoms with Crippen LogP contribution >= 0.6 is 23.1 Å². The number of benzene rings is 1. The van der Waals surface area contributed by atoms with Gasteiger partial charge in [0.25, 0.3) is 0 Å². The molecule has 1 aromatic carbocycles. The van der Waals surface area contributed by atoms with Gasteiger partial charge < -0.3 is 5.73 Å². The molecule has 0 saturated carbocycles. The largest absolute Gasteiger partial charge is 0.326 e. The van der Waals surface area contributed by atoms with E-state index in [1.807, 2.05) is 30.0 Å². The molecular weight excluding hydrogens is 272 g/mol. The maximum atomic E-state index is 5.85. The Kier molecular flexibility index (Phi) is 5.43. The van der Waals surface area contributed by atoms with E-state index in [9.17, 15) is 0 Å². The van der Waals surface area contributed by atoms with Crippen LogP contribution in [0.3, 0.4) is 0 Å². The molecule has 0 saturated heterocycles. The minimum Gasteiger partial charge on any atom is -0.326 e. The van der Waals surface area contributed by atoms with Crippen LogP contribution in [-0.4, -0.2) is 10.2 Å². The predicted octanol–water partition coefficient (Wildman–Crippen LogP) is 4.30. The Morgan fingerprint density at radius 3 is 2.68 bits per heavy atom. The topological polar surface area (TPSA) is 38.9 Å². The van der Waals surface area contributed by atoms with Gasteiger partial charge in [0.2, 0.25) is 0 Å². The lowest BCUT2D eigenvalue weighted by molar-refractivity contribution is 0.905. The van der Waals surface area contributed by atoms with Crippen molar-refractivity contribution in [3.8, 4) is 11.3 Å². The standard InChI is InChI=1S/C15H20N2S2/c1-3-11(2)18-10-14-17-15(13(9-16)19-14)12-7-5-4-6-8-12/h4-8,11H,3,9-10,16H2,1-2H3. The SMILES string of the molecule is CCC(C)SCc1nc(-c2ccccc2)c(CN)s1. The number of thioether (sulfide) groups is 1. The molecule has 1 unspecified atom stereocenters. The number of aromatic nitrogens is 1. The van der Waals surface area contributed by atoms with Crippen LogP contribution in [0.4, 0.5) is 0 Å². The summed E-state index contributed by atoms with van der Waals surface area (Å²) in [7, 11) is 0. The van der Waals surface area contributed by atoms with Crippen molar-refractivity contribution >= 4 is 23.1 Å². The van der Waals surface area contributed by atoms with Crippen molar-refractivity contribution in [2.24, 2.45) is 5.73 Å². The zero-order valence-corrected chi connectivity index (χ0v) is 13.1. The first-order valence-corrected chi connectivity index (χ1v) is 8.46. The second-order valence-electron chi connectivity index (χ2n) is 4.48. The summed E-state index contributed by atoms with van der Waals surface area (Å²) in [5.41, 5.74) is 8.08. The summed E-state index contributed by atoms with van der Waals surface area (Å²) < 4.78 is 0. The Balaban J connectivity index is 2.18. The highest BCUT2D eigenvalue weighted by molar-refractivity contribution is 7.99. The van der Waals surface area contributed by atoms with Crippen molar-refractivity contribution in [1.29, 1.82) is 0 Å². The predicted molar refractivity (Wildman–Crippen MR) is 86.5 cm³/mol. The molecule has 102 valence electrons. The molecule has 2 aromatic rings. The molecule has 1 atom stereocenters. The van der Waals surface area contributed by atoms with Crippen LogP contribution in [-0.2, 0) is 12.3 Å². The van der Waals surface area contributed by atoms with Crippen molar-refractivity contribution in [2.75, 3.05) is 0 Å². The molecule has 0 aliphatic carbocycles. The highest BCUT2D eigenvalue weighted by atomic mass is 32.2. The Morgan fingerprint density at radius 2 is 2.05 bits per heavy atom. The van der Waals surface area contributed by atoms with E-state index < -0.39 is 0 Å². The van der Waals surface area contributed by atoms with E-state index in [0.717, 1.165) is 11.4 Å². The maximum Gasteiger partial charge on any atom is 0.103 e. The van der Waals surface area contributed by atoms with E-state index in [4.69, 9.17) is 10.7 Å². The van der Waals surface area contributed by atoms with E-state index >= 15 is 0 Å². The average molecular weight is 292 g/mol. The van der Waals surface area contributed by atoms with E-state index in [1.165, 1.54) is 21.9 Å². The Morgan fingerprint density at radius 1 is 1.32 bits per heavy atom.